The molecule has 5 nitrogen and oxygen atoms in total. The van der Waals surface area contributed by atoms with Crippen molar-refractivity contribution < 1.29 is 27.1 Å². The van der Waals surface area contributed by atoms with Crippen molar-refractivity contribution >= 4 is 16.0 Å². The van der Waals surface area contributed by atoms with Gasteiger partial charge in [0.2, 0.25) is 10.0 Å². The van der Waals surface area contributed by atoms with Crippen LogP contribution in [-0.2, 0) is 14.8 Å². The summed E-state index contributed by atoms with van der Waals surface area (Å²) >= 11 is 0. The van der Waals surface area contributed by atoms with Gasteiger partial charge in [0.25, 0.3) is 0 Å². The Morgan fingerprint density at radius 3 is 2.50 bits per heavy atom. The number of rotatable bonds is 4. The predicted molar refractivity (Wildman–Crippen MR) is 65.4 cm³/mol. The summed E-state index contributed by atoms with van der Waals surface area (Å²) in [6.07, 6.45) is 0. The second kappa shape index (κ2) is 5.10. The fourth-order valence-corrected chi connectivity index (χ4v) is 3.61. The number of carboxylic acids is 1. The molecule has 1 N–H and O–H groups in total. The van der Waals surface area contributed by atoms with E-state index in [9.17, 15) is 22.0 Å². The molecule has 1 aliphatic heterocycles. The molecule has 1 atom stereocenters. The lowest BCUT2D eigenvalue weighted by Gasteiger charge is -2.39. The molecule has 8 heteroatoms. The summed E-state index contributed by atoms with van der Waals surface area (Å²) < 4.78 is 51.5. The highest BCUT2D eigenvalue weighted by atomic mass is 32.2. The molecular formula is C12H13F2NO4S. The molecule has 1 aromatic rings. The van der Waals surface area contributed by atoms with Gasteiger partial charge in [-0.3, -0.25) is 4.79 Å². The number of aliphatic carboxylic acids is 1. The molecule has 1 aliphatic rings. The highest BCUT2D eigenvalue weighted by molar-refractivity contribution is 7.89. The molecule has 0 spiro atoms. The van der Waals surface area contributed by atoms with Crippen LogP contribution in [0.1, 0.15) is 6.92 Å². The standard InChI is InChI=1S/C12H13F2NO4S/c1-7(12(16)17)8-5-15(6-8)20(18,19)11-3-2-9(13)4-10(11)14/h2-4,7-8H,5-6H2,1H3,(H,16,17). The average Bonchev–Trinajstić information content (AvgIpc) is 2.25. The first-order chi connectivity index (χ1) is 9.23. The van der Waals surface area contributed by atoms with Gasteiger partial charge in [0, 0.05) is 19.2 Å². The molecule has 1 aromatic carbocycles. The molecule has 1 unspecified atom stereocenters. The van der Waals surface area contributed by atoms with Crippen LogP contribution in [0.4, 0.5) is 8.78 Å². The van der Waals surface area contributed by atoms with E-state index in [0.717, 1.165) is 16.4 Å². The molecule has 0 amide bonds. The number of benzene rings is 1. The van der Waals surface area contributed by atoms with Crippen LogP contribution >= 0.6 is 0 Å². The normalized spacial score (nSPS) is 18.6. The monoisotopic (exact) mass is 305 g/mol. The molecule has 0 saturated carbocycles. The minimum Gasteiger partial charge on any atom is -0.481 e. The van der Waals surface area contributed by atoms with Crippen LogP contribution in [-0.4, -0.2) is 36.9 Å². The zero-order valence-electron chi connectivity index (χ0n) is 10.6. The Balaban J connectivity index is 2.16. The highest BCUT2D eigenvalue weighted by Crippen LogP contribution is 2.30. The zero-order chi connectivity index (χ0) is 15.1. The lowest BCUT2D eigenvalue weighted by atomic mass is 9.89. The summed E-state index contributed by atoms with van der Waals surface area (Å²) in [4.78, 5) is 10.2. The molecular weight excluding hydrogens is 292 g/mol. The van der Waals surface area contributed by atoms with Crippen molar-refractivity contribution in [2.24, 2.45) is 11.8 Å². The zero-order valence-corrected chi connectivity index (χ0v) is 11.4. The van der Waals surface area contributed by atoms with Crippen LogP contribution < -0.4 is 0 Å². The van der Waals surface area contributed by atoms with E-state index in [4.69, 9.17) is 5.11 Å². The van der Waals surface area contributed by atoms with Crippen LogP contribution in [0.3, 0.4) is 0 Å². The van der Waals surface area contributed by atoms with Crippen LogP contribution in [0.25, 0.3) is 0 Å². The summed E-state index contributed by atoms with van der Waals surface area (Å²) in [5.41, 5.74) is 0. The van der Waals surface area contributed by atoms with Gasteiger partial charge in [-0.25, -0.2) is 17.2 Å². The number of sulfonamides is 1. The Morgan fingerprint density at radius 2 is 2.00 bits per heavy atom. The molecule has 1 fully saturated rings. The molecule has 0 aromatic heterocycles. The Hall–Kier alpha value is -1.54. The van der Waals surface area contributed by atoms with Crippen molar-refractivity contribution in [3.63, 3.8) is 0 Å². The molecule has 0 aliphatic carbocycles. The summed E-state index contributed by atoms with van der Waals surface area (Å²) in [6, 6.07) is 2.24. The lowest BCUT2D eigenvalue weighted by molar-refractivity contribution is -0.144. The maximum atomic E-state index is 13.5. The molecule has 0 bridgehead atoms. The summed E-state index contributed by atoms with van der Waals surface area (Å²) in [7, 11) is -4.04. The molecule has 0 radical (unpaired) electrons. The SMILES string of the molecule is CC(C(=O)O)C1CN(S(=O)(=O)c2ccc(F)cc2F)C1. The van der Waals surface area contributed by atoms with Crippen molar-refractivity contribution in [1.82, 2.24) is 4.31 Å². The number of carbonyl (C=O) groups is 1. The Morgan fingerprint density at radius 1 is 1.40 bits per heavy atom. The van der Waals surface area contributed by atoms with E-state index in [1.807, 2.05) is 0 Å². The first-order valence-corrected chi connectivity index (χ1v) is 7.35. The van der Waals surface area contributed by atoms with Gasteiger partial charge in [-0.15, -0.1) is 0 Å². The van der Waals surface area contributed by atoms with Crippen molar-refractivity contribution in [2.75, 3.05) is 13.1 Å². The summed E-state index contributed by atoms with van der Waals surface area (Å²) in [6.45, 7) is 1.54. The maximum Gasteiger partial charge on any atom is 0.306 e. The summed E-state index contributed by atoms with van der Waals surface area (Å²) in [5, 5.41) is 8.83. The van der Waals surface area contributed by atoms with Crippen molar-refractivity contribution in [1.29, 1.82) is 0 Å². The maximum absolute atomic E-state index is 13.5. The second-order valence-electron chi connectivity index (χ2n) is 4.78. The van der Waals surface area contributed by atoms with Crippen LogP contribution in [0.2, 0.25) is 0 Å². The van der Waals surface area contributed by atoms with Gasteiger partial charge >= 0.3 is 5.97 Å². The van der Waals surface area contributed by atoms with Gasteiger partial charge in [-0.1, -0.05) is 6.92 Å². The number of hydrogen-bond donors (Lipinski definition) is 1. The predicted octanol–water partition coefficient (Wildman–Crippen LogP) is 1.31. The lowest BCUT2D eigenvalue weighted by Crippen LogP contribution is -2.53. The van der Waals surface area contributed by atoms with E-state index in [2.05, 4.69) is 0 Å². The van der Waals surface area contributed by atoms with Gasteiger partial charge in [0.05, 0.1) is 5.92 Å². The van der Waals surface area contributed by atoms with Crippen molar-refractivity contribution in [3.05, 3.63) is 29.8 Å². The van der Waals surface area contributed by atoms with Crippen molar-refractivity contribution in [3.8, 4) is 0 Å². The van der Waals surface area contributed by atoms with E-state index >= 15 is 0 Å². The van der Waals surface area contributed by atoms with Crippen LogP contribution in [0.5, 0.6) is 0 Å². The van der Waals surface area contributed by atoms with E-state index in [1.54, 1.807) is 0 Å². The third-order valence-electron chi connectivity index (χ3n) is 3.48. The second-order valence-corrected chi connectivity index (χ2v) is 6.69. The fraction of sp³-hybridized carbons (Fsp3) is 0.417. The molecule has 20 heavy (non-hydrogen) atoms. The first kappa shape index (κ1) is 14.9. The third-order valence-corrected chi connectivity index (χ3v) is 5.35. The molecule has 1 saturated heterocycles. The number of carboxylic acid groups (broad SMARTS) is 1. The number of hydrogen-bond acceptors (Lipinski definition) is 3. The minimum absolute atomic E-state index is 0.0205. The molecule has 1 heterocycles. The van der Waals surface area contributed by atoms with Crippen LogP contribution in [0.15, 0.2) is 23.1 Å². The van der Waals surface area contributed by atoms with Gasteiger partial charge in [-0.2, -0.15) is 4.31 Å². The minimum atomic E-state index is -4.04. The van der Waals surface area contributed by atoms with E-state index in [-0.39, 0.29) is 19.0 Å². The van der Waals surface area contributed by atoms with Gasteiger partial charge in [-0.05, 0) is 18.1 Å². The molecule has 110 valence electrons. The van der Waals surface area contributed by atoms with E-state index < -0.39 is 38.4 Å². The van der Waals surface area contributed by atoms with Crippen molar-refractivity contribution in [2.45, 2.75) is 11.8 Å². The Labute approximate surface area is 114 Å². The Bertz CT molecular complexity index is 641. The fourth-order valence-electron chi connectivity index (χ4n) is 2.01. The average molecular weight is 305 g/mol. The van der Waals surface area contributed by atoms with Gasteiger partial charge < -0.3 is 5.11 Å². The first-order valence-electron chi connectivity index (χ1n) is 5.91. The highest BCUT2D eigenvalue weighted by Gasteiger charge is 2.42. The Kier molecular flexibility index (Phi) is 3.79. The molecule has 2 rings (SSSR count). The van der Waals surface area contributed by atoms with E-state index in [0.29, 0.717) is 6.07 Å². The van der Waals surface area contributed by atoms with E-state index in [1.165, 1.54) is 6.92 Å². The van der Waals surface area contributed by atoms with Gasteiger partial charge in [0.15, 0.2) is 0 Å². The van der Waals surface area contributed by atoms with Gasteiger partial charge in [0.1, 0.15) is 16.5 Å². The third kappa shape index (κ3) is 2.53. The summed E-state index contributed by atoms with van der Waals surface area (Å²) in [5.74, 6) is -3.98. The van der Waals surface area contributed by atoms with Crippen LogP contribution in [0, 0.1) is 23.5 Å². The largest absolute Gasteiger partial charge is 0.481 e. The number of halogens is 2. The smallest absolute Gasteiger partial charge is 0.306 e. The topological polar surface area (TPSA) is 74.7 Å². The number of nitrogens with zero attached hydrogens (tertiary/aromatic N) is 1. The quantitative estimate of drug-likeness (QED) is 0.910.